The van der Waals surface area contributed by atoms with Crippen LogP contribution in [-0.2, 0) is 0 Å². The maximum atomic E-state index is 3.69. The van der Waals surface area contributed by atoms with Crippen LogP contribution in [0.4, 0.5) is 11.4 Å². The first-order valence-corrected chi connectivity index (χ1v) is 12.6. The van der Waals surface area contributed by atoms with Crippen LogP contribution in [0, 0.1) is 5.92 Å². The Balaban J connectivity index is 1.66. The first-order valence-electron chi connectivity index (χ1n) is 12.6. The minimum atomic E-state index is 0.389. The van der Waals surface area contributed by atoms with Crippen LogP contribution >= 0.6 is 0 Å². The smallest absolute Gasteiger partial charge is 0.0555 e. The van der Waals surface area contributed by atoms with Gasteiger partial charge in [0.15, 0.2) is 0 Å². The second kappa shape index (κ2) is 8.03. The zero-order valence-electron chi connectivity index (χ0n) is 20.4. The van der Waals surface area contributed by atoms with Crippen LogP contribution in [-0.4, -0.2) is 9.97 Å². The number of allylic oxidation sites excluding steroid dienone is 2. The summed E-state index contributed by atoms with van der Waals surface area (Å²) in [6, 6.07) is 32.5. The fourth-order valence-corrected chi connectivity index (χ4v) is 5.50. The third-order valence-electron chi connectivity index (χ3n) is 7.04. The molecular formula is C33H27N3. The number of aromatic nitrogens is 2. The van der Waals surface area contributed by atoms with E-state index in [4.69, 9.17) is 0 Å². The lowest BCUT2D eigenvalue weighted by molar-refractivity contribution is 0.823. The molecule has 3 nitrogen and oxygen atoms in total. The Bertz CT molecular complexity index is 1920. The number of para-hydroxylation sites is 3. The van der Waals surface area contributed by atoms with Gasteiger partial charge in [-0.3, -0.25) is 0 Å². The maximum Gasteiger partial charge on any atom is 0.0555 e. The third kappa shape index (κ3) is 3.28. The quantitative estimate of drug-likeness (QED) is 0.281. The second-order valence-corrected chi connectivity index (χ2v) is 9.92. The summed E-state index contributed by atoms with van der Waals surface area (Å²) >= 11 is 0. The molecule has 0 amide bonds. The van der Waals surface area contributed by atoms with E-state index in [9.17, 15) is 0 Å². The van der Waals surface area contributed by atoms with Crippen LogP contribution in [0.3, 0.4) is 0 Å². The van der Waals surface area contributed by atoms with E-state index in [1.807, 2.05) is 0 Å². The van der Waals surface area contributed by atoms with Gasteiger partial charge < -0.3 is 14.9 Å². The van der Waals surface area contributed by atoms with Crippen molar-refractivity contribution in [2.24, 2.45) is 5.92 Å². The molecule has 2 N–H and O–H groups in total. The van der Waals surface area contributed by atoms with Gasteiger partial charge in [0.2, 0.25) is 0 Å². The molecule has 1 aliphatic rings. The van der Waals surface area contributed by atoms with Gasteiger partial charge in [-0.25, -0.2) is 0 Å². The normalized spacial score (nSPS) is 16.4. The molecule has 0 aliphatic carbocycles. The van der Waals surface area contributed by atoms with E-state index in [0.29, 0.717) is 5.92 Å². The Kier molecular flexibility index (Phi) is 4.65. The second-order valence-electron chi connectivity index (χ2n) is 9.92. The molecule has 1 aliphatic heterocycles. The van der Waals surface area contributed by atoms with E-state index in [1.54, 1.807) is 0 Å². The standard InChI is InChI=1S/C33H27N3/c1-21(2)16-24-19-28-26-13-7-9-15-30(26)34-31(28)18-22-17-27-25-12-6-8-14-29(25)35-32(27)20-33(22)36(24)23-10-4-3-5-11-23/h3-21,34-35H,1-2H3/b24-16-,28-19-,31-18+. The molecule has 4 aromatic carbocycles. The van der Waals surface area contributed by atoms with Crippen molar-refractivity contribution < 1.29 is 0 Å². The van der Waals surface area contributed by atoms with Gasteiger partial charge in [0, 0.05) is 60.2 Å². The fraction of sp³-hybridized carbons (Fsp3) is 0.0909. The Labute approximate surface area is 209 Å². The predicted molar refractivity (Wildman–Crippen MR) is 153 cm³/mol. The first kappa shape index (κ1) is 20.8. The number of aromatic amines is 2. The average Bonchev–Trinajstić information content (AvgIpc) is 3.41. The minimum absolute atomic E-state index is 0.389. The van der Waals surface area contributed by atoms with Crippen LogP contribution in [0.2, 0.25) is 0 Å². The van der Waals surface area contributed by atoms with Crippen LogP contribution in [0.1, 0.15) is 19.4 Å². The van der Waals surface area contributed by atoms with Crippen LogP contribution in [0.5, 0.6) is 0 Å². The van der Waals surface area contributed by atoms with Gasteiger partial charge in [0.25, 0.3) is 0 Å². The highest BCUT2D eigenvalue weighted by Crippen LogP contribution is 2.39. The van der Waals surface area contributed by atoms with Crippen molar-refractivity contribution in [1.82, 2.24) is 9.97 Å². The monoisotopic (exact) mass is 465 g/mol. The summed E-state index contributed by atoms with van der Waals surface area (Å²) in [5.74, 6) is 0.389. The van der Waals surface area contributed by atoms with E-state index in [0.717, 1.165) is 33.3 Å². The van der Waals surface area contributed by atoms with Gasteiger partial charge in [-0.15, -0.1) is 0 Å². The van der Waals surface area contributed by atoms with E-state index in [1.165, 1.54) is 32.6 Å². The molecule has 6 aromatic rings. The molecule has 7 rings (SSSR count). The largest absolute Gasteiger partial charge is 0.354 e. The molecule has 3 heterocycles. The first-order chi connectivity index (χ1) is 17.7. The van der Waals surface area contributed by atoms with Gasteiger partial charge in [0.05, 0.1) is 5.69 Å². The summed E-state index contributed by atoms with van der Waals surface area (Å²) in [6.07, 6.45) is 7.02. The molecule has 0 fully saturated rings. The summed E-state index contributed by atoms with van der Waals surface area (Å²) in [4.78, 5) is 9.75. The third-order valence-corrected chi connectivity index (χ3v) is 7.04. The number of hydrogen-bond donors (Lipinski definition) is 2. The number of benzene rings is 4. The number of anilines is 2. The SMILES string of the molecule is CC(C)/C=C1/C=c2\c([nH]c3ccccc23)=C/c2cc3c(cc2N1c1ccccc1)[nH]c1ccccc13. The molecule has 0 bridgehead atoms. The van der Waals surface area contributed by atoms with Gasteiger partial charge in [0.1, 0.15) is 0 Å². The summed E-state index contributed by atoms with van der Waals surface area (Å²) < 4.78 is 0. The van der Waals surface area contributed by atoms with Gasteiger partial charge >= 0.3 is 0 Å². The molecular weight excluding hydrogens is 438 g/mol. The van der Waals surface area contributed by atoms with Gasteiger partial charge in [-0.2, -0.15) is 0 Å². The summed E-state index contributed by atoms with van der Waals surface area (Å²) in [5.41, 5.74) is 8.13. The van der Waals surface area contributed by atoms with Gasteiger partial charge in [-0.05, 0) is 54.5 Å². The average molecular weight is 466 g/mol. The van der Waals surface area contributed by atoms with Crippen molar-refractivity contribution in [3.8, 4) is 0 Å². The highest BCUT2D eigenvalue weighted by molar-refractivity contribution is 6.09. The molecule has 0 unspecified atom stereocenters. The zero-order chi connectivity index (χ0) is 24.2. The van der Waals surface area contributed by atoms with Crippen molar-refractivity contribution in [2.75, 3.05) is 4.90 Å². The molecule has 174 valence electrons. The lowest BCUT2D eigenvalue weighted by atomic mass is 10.0. The van der Waals surface area contributed by atoms with Crippen molar-refractivity contribution >= 4 is 56.2 Å². The number of rotatable bonds is 2. The Morgan fingerprint density at radius 2 is 1.36 bits per heavy atom. The van der Waals surface area contributed by atoms with Crippen molar-refractivity contribution in [2.45, 2.75) is 13.8 Å². The summed E-state index contributed by atoms with van der Waals surface area (Å²) in [7, 11) is 0. The molecule has 0 spiro atoms. The number of hydrogen-bond acceptors (Lipinski definition) is 1. The minimum Gasteiger partial charge on any atom is -0.354 e. The van der Waals surface area contributed by atoms with E-state index < -0.39 is 0 Å². The number of H-pyrrole nitrogens is 2. The Hall–Kier alpha value is -4.50. The number of nitrogens with one attached hydrogen (secondary N) is 2. The molecule has 0 saturated carbocycles. The predicted octanol–water partition coefficient (Wildman–Crippen LogP) is 7.10. The molecule has 0 radical (unpaired) electrons. The highest BCUT2D eigenvalue weighted by atomic mass is 15.1. The van der Waals surface area contributed by atoms with E-state index in [-0.39, 0.29) is 0 Å². The van der Waals surface area contributed by atoms with E-state index >= 15 is 0 Å². The summed E-state index contributed by atoms with van der Waals surface area (Å²) in [6.45, 7) is 4.49. The highest BCUT2D eigenvalue weighted by Gasteiger charge is 2.21. The van der Waals surface area contributed by atoms with Crippen molar-refractivity contribution in [1.29, 1.82) is 0 Å². The van der Waals surface area contributed by atoms with Gasteiger partial charge in [-0.1, -0.05) is 74.5 Å². The molecule has 2 aromatic heterocycles. The Morgan fingerprint density at radius 1 is 0.667 bits per heavy atom. The number of fused-ring (bicyclic) bond motifs is 7. The van der Waals surface area contributed by atoms with Crippen LogP contribution in [0.25, 0.3) is 44.9 Å². The zero-order valence-corrected chi connectivity index (χ0v) is 20.4. The topological polar surface area (TPSA) is 34.8 Å². The lowest BCUT2D eigenvalue weighted by Crippen LogP contribution is -2.28. The van der Waals surface area contributed by atoms with E-state index in [2.05, 4.69) is 138 Å². The molecule has 0 saturated heterocycles. The lowest BCUT2D eigenvalue weighted by Gasteiger charge is -2.29. The Morgan fingerprint density at radius 3 is 2.14 bits per heavy atom. The molecule has 36 heavy (non-hydrogen) atoms. The number of nitrogens with zero attached hydrogens (tertiary/aromatic N) is 1. The molecule has 0 atom stereocenters. The van der Waals surface area contributed by atoms with Crippen LogP contribution < -0.4 is 15.5 Å². The van der Waals surface area contributed by atoms with Crippen molar-refractivity contribution in [3.05, 3.63) is 119 Å². The van der Waals surface area contributed by atoms with Crippen molar-refractivity contribution in [3.63, 3.8) is 0 Å². The van der Waals surface area contributed by atoms with Crippen LogP contribution in [0.15, 0.2) is 103 Å². The molecule has 3 heteroatoms. The summed E-state index contributed by atoms with van der Waals surface area (Å²) in [5, 5.41) is 6.09. The fourth-order valence-electron chi connectivity index (χ4n) is 5.50. The maximum absolute atomic E-state index is 3.69.